The van der Waals surface area contributed by atoms with Crippen molar-refractivity contribution in [3.63, 3.8) is 0 Å². The molecule has 9 heteroatoms. The van der Waals surface area contributed by atoms with Gasteiger partial charge in [-0.3, -0.25) is 10.00 Å². The van der Waals surface area contributed by atoms with Gasteiger partial charge in [0.05, 0.1) is 30.9 Å². The third kappa shape index (κ3) is 5.39. The van der Waals surface area contributed by atoms with Crippen LogP contribution in [-0.2, 0) is 11.3 Å². The first kappa shape index (κ1) is 23.1. The molecule has 1 amide bonds. The SMILES string of the molecule is COc1cc(C(=O)O)ccc1Cn1ncc2ccc(NC(=O)OC3CCCC3)cc21.[NaH]. The molecule has 8 nitrogen and oxygen atoms in total. The van der Waals surface area contributed by atoms with Crippen molar-refractivity contribution in [1.29, 1.82) is 0 Å². The molecule has 1 aliphatic carbocycles. The van der Waals surface area contributed by atoms with E-state index in [0.717, 1.165) is 42.1 Å². The number of nitrogens with one attached hydrogen (secondary N) is 1. The molecule has 2 aromatic carbocycles. The quantitative estimate of drug-likeness (QED) is 0.576. The Morgan fingerprint density at radius 1 is 1.19 bits per heavy atom. The first-order valence-electron chi connectivity index (χ1n) is 9.87. The number of carboxylic acid groups (broad SMARTS) is 1. The maximum atomic E-state index is 12.2. The number of amides is 1. The summed E-state index contributed by atoms with van der Waals surface area (Å²) in [7, 11) is 1.50. The minimum atomic E-state index is -1.01. The standard InChI is InChI=1S/C22H23N3O5.Na.H/c1-29-20-10-14(21(26)27)6-7-16(20)13-25-19-11-17(9-8-15(19)12-23-25)24-22(28)30-18-4-2-3-5-18;;/h6-12,18H,2-5,13H2,1H3,(H,24,28)(H,26,27);;. The number of aromatic carboxylic acids is 1. The van der Waals surface area contributed by atoms with E-state index in [0.29, 0.717) is 18.0 Å². The fourth-order valence-corrected chi connectivity index (χ4v) is 3.75. The number of hydrogen-bond acceptors (Lipinski definition) is 5. The molecular formula is C22H24N3NaO5. The predicted octanol–water partition coefficient (Wildman–Crippen LogP) is 3.63. The Bertz CT molecular complexity index is 1090. The Labute approximate surface area is 201 Å². The van der Waals surface area contributed by atoms with E-state index in [1.165, 1.54) is 19.2 Å². The molecule has 31 heavy (non-hydrogen) atoms. The molecule has 2 N–H and O–H groups in total. The number of anilines is 1. The number of ether oxygens (including phenoxy) is 2. The molecule has 1 saturated carbocycles. The van der Waals surface area contributed by atoms with E-state index in [1.54, 1.807) is 16.9 Å². The molecule has 1 fully saturated rings. The number of carbonyl (C=O) groups excluding carboxylic acids is 1. The van der Waals surface area contributed by atoms with Gasteiger partial charge in [-0.2, -0.15) is 5.10 Å². The molecule has 1 aliphatic rings. The second kappa shape index (κ2) is 10.2. The van der Waals surface area contributed by atoms with Gasteiger partial charge in [-0.25, -0.2) is 9.59 Å². The zero-order valence-corrected chi connectivity index (χ0v) is 16.6. The molecule has 3 aromatic rings. The molecule has 0 spiro atoms. The first-order valence-corrected chi connectivity index (χ1v) is 9.87. The van der Waals surface area contributed by atoms with Gasteiger partial charge in [-0.1, -0.05) is 6.07 Å². The number of nitrogens with zero attached hydrogens (tertiary/aromatic N) is 2. The normalized spacial score (nSPS) is 13.6. The van der Waals surface area contributed by atoms with Crippen LogP contribution in [0.5, 0.6) is 5.75 Å². The van der Waals surface area contributed by atoms with Gasteiger partial charge in [0.25, 0.3) is 0 Å². The molecule has 0 radical (unpaired) electrons. The van der Waals surface area contributed by atoms with Crippen molar-refractivity contribution in [1.82, 2.24) is 9.78 Å². The number of benzene rings is 2. The number of fused-ring (bicyclic) bond motifs is 1. The van der Waals surface area contributed by atoms with Crippen LogP contribution in [0.2, 0.25) is 0 Å². The topological polar surface area (TPSA) is 103 Å². The molecule has 0 aliphatic heterocycles. The fourth-order valence-electron chi connectivity index (χ4n) is 3.75. The zero-order chi connectivity index (χ0) is 21.1. The summed E-state index contributed by atoms with van der Waals surface area (Å²) in [4.78, 5) is 23.4. The summed E-state index contributed by atoms with van der Waals surface area (Å²) in [5.41, 5.74) is 2.41. The Balaban J connectivity index is 0.00000272. The van der Waals surface area contributed by atoms with Crippen molar-refractivity contribution >= 4 is 58.2 Å². The summed E-state index contributed by atoms with van der Waals surface area (Å²) in [5.74, 6) is -0.530. The minimum absolute atomic E-state index is 0. The van der Waals surface area contributed by atoms with Crippen LogP contribution in [0.1, 0.15) is 41.6 Å². The first-order chi connectivity index (χ1) is 14.5. The Kier molecular flexibility index (Phi) is 7.59. The summed E-state index contributed by atoms with van der Waals surface area (Å²) in [5, 5.41) is 17.3. The van der Waals surface area contributed by atoms with Crippen molar-refractivity contribution in [3.05, 3.63) is 53.7 Å². The second-order valence-corrected chi connectivity index (χ2v) is 7.34. The van der Waals surface area contributed by atoms with Gasteiger partial charge in [0, 0.05) is 16.6 Å². The van der Waals surface area contributed by atoms with Crippen LogP contribution in [-0.4, -0.2) is 69.7 Å². The summed E-state index contributed by atoms with van der Waals surface area (Å²) >= 11 is 0. The number of aromatic nitrogens is 2. The number of hydrogen-bond donors (Lipinski definition) is 2. The molecule has 158 valence electrons. The van der Waals surface area contributed by atoms with Gasteiger partial charge < -0.3 is 14.6 Å². The van der Waals surface area contributed by atoms with Crippen LogP contribution in [0.4, 0.5) is 10.5 Å². The van der Waals surface area contributed by atoms with E-state index in [9.17, 15) is 9.59 Å². The van der Waals surface area contributed by atoms with Crippen LogP contribution in [0.25, 0.3) is 10.9 Å². The van der Waals surface area contributed by atoms with Crippen LogP contribution in [0.15, 0.2) is 42.6 Å². The second-order valence-electron chi connectivity index (χ2n) is 7.34. The van der Waals surface area contributed by atoms with Crippen LogP contribution < -0.4 is 10.1 Å². The fraction of sp³-hybridized carbons (Fsp3) is 0.318. The predicted molar refractivity (Wildman–Crippen MR) is 118 cm³/mol. The Morgan fingerprint density at radius 2 is 1.97 bits per heavy atom. The van der Waals surface area contributed by atoms with E-state index in [-0.39, 0.29) is 41.2 Å². The van der Waals surface area contributed by atoms with Crippen molar-refractivity contribution in [2.45, 2.75) is 38.3 Å². The zero-order valence-electron chi connectivity index (χ0n) is 16.6. The summed E-state index contributed by atoms with van der Waals surface area (Å²) in [6.45, 7) is 0.391. The summed E-state index contributed by atoms with van der Waals surface area (Å²) in [6.07, 6.45) is 5.33. The molecule has 4 rings (SSSR count). The van der Waals surface area contributed by atoms with Gasteiger partial charge in [-0.05, 0) is 56.0 Å². The van der Waals surface area contributed by atoms with Gasteiger partial charge in [0.1, 0.15) is 11.9 Å². The van der Waals surface area contributed by atoms with Crippen molar-refractivity contribution in [3.8, 4) is 5.75 Å². The third-order valence-electron chi connectivity index (χ3n) is 5.32. The van der Waals surface area contributed by atoms with Crippen molar-refractivity contribution in [2.75, 3.05) is 12.4 Å². The van der Waals surface area contributed by atoms with Gasteiger partial charge in [0.15, 0.2) is 0 Å². The monoisotopic (exact) mass is 433 g/mol. The molecule has 1 heterocycles. The van der Waals surface area contributed by atoms with Crippen LogP contribution in [0.3, 0.4) is 0 Å². The van der Waals surface area contributed by atoms with Gasteiger partial charge >= 0.3 is 41.6 Å². The third-order valence-corrected chi connectivity index (χ3v) is 5.32. The van der Waals surface area contributed by atoms with Crippen molar-refractivity contribution < 1.29 is 24.2 Å². The van der Waals surface area contributed by atoms with E-state index < -0.39 is 12.1 Å². The van der Waals surface area contributed by atoms with Crippen LogP contribution in [0, 0.1) is 0 Å². The molecular weight excluding hydrogens is 409 g/mol. The maximum absolute atomic E-state index is 12.2. The average molecular weight is 433 g/mol. The number of carbonyl (C=O) groups is 2. The number of methoxy groups -OCH3 is 1. The molecule has 0 unspecified atom stereocenters. The molecule has 0 bridgehead atoms. The number of carboxylic acids is 1. The molecule has 0 saturated heterocycles. The summed E-state index contributed by atoms with van der Waals surface area (Å²) < 4.78 is 12.6. The van der Waals surface area contributed by atoms with Gasteiger partial charge in [-0.15, -0.1) is 0 Å². The van der Waals surface area contributed by atoms with E-state index >= 15 is 0 Å². The van der Waals surface area contributed by atoms with E-state index in [1.807, 2.05) is 18.2 Å². The van der Waals surface area contributed by atoms with E-state index in [2.05, 4.69) is 10.4 Å². The van der Waals surface area contributed by atoms with Gasteiger partial charge in [0.2, 0.25) is 0 Å². The Morgan fingerprint density at radius 3 is 2.68 bits per heavy atom. The molecule has 0 atom stereocenters. The number of rotatable bonds is 6. The summed E-state index contributed by atoms with van der Waals surface area (Å²) in [6, 6.07) is 10.3. The Hall–Kier alpha value is -2.55. The van der Waals surface area contributed by atoms with E-state index in [4.69, 9.17) is 14.6 Å². The van der Waals surface area contributed by atoms with Crippen LogP contribution >= 0.6 is 0 Å². The average Bonchev–Trinajstić information content (AvgIpc) is 3.38. The van der Waals surface area contributed by atoms with Crippen molar-refractivity contribution in [2.24, 2.45) is 0 Å². The molecule has 1 aromatic heterocycles.